The van der Waals surface area contributed by atoms with Crippen LogP contribution in [0.25, 0.3) is 0 Å². The van der Waals surface area contributed by atoms with Crippen LogP contribution in [0.5, 0.6) is 0 Å². The van der Waals surface area contributed by atoms with Gasteiger partial charge in [-0.15, -0.1) is 0 Å². The second-order valence-electron chi connectivity index (χ2n) is 3.32. The molecule has 1 aromatic carbocycles. The van der Waals surface area contributed by atoms with E-state index in [1.54, 1.807) is 30.3 Å². The van der Waals surface area contributed by atoms with E-state index >= 15 is 0 Å². The Balaban J connectivity index is 2.76. The van der Waals surface area contributed by atoms with Crippen LogP contribution in [0.1, 0.15) is 23.7 Å². The first-order valence-electron chi connectivity index (χ1n) is 5.22. The van der Waals surface area contributed by atoms with Crippen molar-refractivity contribution in [2.75, 3.05) is 11.9 Å². The lowest BCUT2D eigenvalue weighted by atomic mass is 10.2. The van der Waals surface area contributed by atoms with Crippen molar-refractivity contribution in [3.63, 3.8) is 0 Å². The fourth-order valence-corrected chi connectivity index (χ4v) is 1.28. The van der Waals surface area contributed by atoms with E-state index in [1.165, 1.54) is 0 Å². The molecule has 0 spiro atoms. The molecule has 2 N–H and O–H groups in total. The van der Waals surface area contributed by atoms with E-state index in [2.05, 4.69) is 10.6 Å². The monoisotopic (exact) mass is 231 g/mol. The summed E-state index contributed by atoms with van der Waals surface area (Å²) in [6.07, 6.45) is -0.203. The van der Waals surface area contributed by atoms with Gasteiger partial charge in [-0.3, -0.25) is 9.59 Å². The summed E-state index contributed by atoms with van der Waals surface area (Å²) < 4.78 is 0. The minimum Gasteiger partial charge on any atom is -0.352 e. The number of carbonyl (C=O) groups excluding carboxylic acids is 2. The normalized spacial score (nSPS) is 9.18. The van der Waals surface area contributed by atoms with Gasteiger partial charge >= 0.3 is 0 Å². The molecule has 0 saturated heterocycles. The third-order valence-electron chi connectivity index (χ3n) is 1.99. The minimum absolute atomic E-state index is 0.191. The van der Waals surface area contributed by atoms with Crippen molar-refractivity contribution in [3.8, 4) is 6.07 Å². The van der Waals surface area contributed by atoms with E-state index in [4.69, 9.17) is 5.26 Å². The molecule has 0 heterocycles. The molecule has 0 bridgehead atoms. The average Bonchev–Trinajstić information content (AvgIpc) is 2.30. The largest absolute Gasteiger partial charge is 0.352 e. The number of anilines is 1. The summed E-state index contributed by atoms with van der Waals surface area (Å²) in [6.45, 7) is 2.38. The van der Waals surface area contributed by atoms with Gasteiger partial charge in [0.05, 0.1) is 6.07 Å². The maximum Gasteiger partial charge on any atom is 0.251 e. The number of benzene rings is 1. The number of hydrogen-bond donors (Lipinski definition) is 2. The van der Waals surface area contributed by atoms with Crippen molar-refractivity contribution >= 4 is 17.5 Å². The lowest BCUT2D eigenvalue weighted by Gasteiger charge is -2.06. The van der Waals surface area contributed by atoms with E-state index in [9.17, 15) is 9.59 Å². The van der Waals surface area contributed by atoms with Crippen LogP contribution in [0.4, 0.5) is 5.69 Å². The quantitative estimate of drug-likeness (QED) is 0.819. The Hall–Kier alpha value is -2.35. The molecule has 0 aliphatic heterocycles. The SMILES string of the molecule is CCNC(=O)c1cccc(NC(=O)CC#N)c1. The zero-order valence-electron chi connectivity index (χ0n) is 9.49. The van der Waals surface area contributed by atoms with Gasteiger partial charge in [-0.25, -0.2) is 0 Å². The van der Waals surface area contributed by atoms with Gasteiger partial charge in [0, 0.05) is 17.8 Å². The van der Waals surface area contributed by atoms with Gasteiger partial charge in [-0.2, -0.15) is 5.26 Å². The van der Waals surface area contributed by atoms with Crippen LogP contribution < -0.4 is 10.6 Å². The van der Waals surface area contributed by atoms with Crippen molar-refractivity contribution in [1.29, 1.82) is 5.26 Å². The smallest absolute Gasteiger partial charge is 0.251 e. The predicted molar refractivity (Wildman–Crippen MR) is 63.3 cm³/mol. The molecule has 1 rings (SSSR count). The van der Waals surface area contributed by atoms with Crippen molar-refractivity contribution < 1.29 is 9.59 Å². The summed E-state index contributed by atoms with van der Waals surface area (Å²) in [4.78, 5) is 22.7. The molecule has 88 valence electrons. The summed E-state index contributed by atoms with van der Waals surface area (Å²) in [7, 11) is 0. The Kier molecular flexibility index (Phi) is 4.70. The highest BCUT2D eigenvalue weighted by Gasteiger charge is 2.06. The number of amides is 2. The topological polar surface area (TPSA) is 82.0 Å². The summed E-state index contributed by atoms with van der Waals surface area (Å²) in [5.41, 5.74) is 0.982. The van der Waals surface area contributed by atoms with Crippen LogP contribution in [0.15, 0.2) is 24.3 Å². The Morgan fingerprint density at radius 2 is 2.18 bits per heavy atom. The maximum absolute atomic E-state index is 11.5. The van der Waals surface area contributed by atoms with Crippen LogP contribution in [0.2, 0.25) is 0 Å². The lowest BCUT2D eigenvalue weighted by Crippen LogP contribution is -2.22. The molecule has 0 saturated carbocycles. The molecule has 0 aliphatic rings. The Labute approximate surface area is 99.4 Å². The van der Waals surface area contributed by atoms with Crippen molar-refractivity contribution in [3.05, 3.63) is 29.8 Å². The zero-order chi connectivity index (χ0) is 12.7. The number of nitriles is 1. The number of rotatable bonds is 4. The lowest BCUT2D eigenvalue weighted by molar-refractivity contribution is -0.115. The molecule has 5 nitrogen and oxygen atoms in total. The van der Waals surface area contributed by atoms with Gasteiger partial charge in [0.25, 0.3) is 5.91 Å². The first kappa shape index (κ1) is 12.7. The number of nitrogens with zero attached hydrogens (tertiary/aromatic N) is 1. The number of nitrogens with one attached hydrogen (secondary N) is 2. The first-order valence-corrected chi connectivity index (χ1v) is 5.22. The van der Waals surface area contributed by atoms with Gasteiger partial charge in [-0.1, -0.05) is 6.07 Å². The molecule has 0 radical (unpaired) electrons. The fraction of sp³-hybridized carbons (Fsp3) is 0.250. The second-order valence-corrected chi connectivity index (χ2v) is 3.32. The van der Waals surface area contributed by atoms with Gasteiger partial charge in [0.15, 0.2) is 0 Å². The molecule has 0 aliphatic carbocycles. The molecule has 17 heavy (non-hydrogen) atoms. The van der Waals surface area contributed by atoms with Crippen LogP contribution in [-0.2, 0) is 4.79 Å². The number of carbonyl (C=O) groups is 2. The molecular weight excluding hydrogens is 218 g/mol. The van der Waals surface area contributed by atoms with Crippen molar-refractivity contribution in [2.24, 2.45) is 0 Å². The third-order valence-corrected chi connectivity index (χ3v) is 1.99. The molecule has 0 aromatic heterocycles. The molecule has 0 atom stereocenters. The van der Waals surface area contributed by atoms with Crippen LogP contribution in [0, 0.1) is 11.3 Å². The average molecular weight is 231 g/mol. The van der Waals surface area contributed by atoms with Gasteiger partial charge < -0.3 is 10.6 Å². The van der Waals surface area contributed by atoms with E-state index < -0.39 is 0 Å². The standard InChI is InChI=1S/C12H13N3O2/c1-2-14-12(17)9-4-3-5-10(8-9)15-11(16)6-7-13/h3-5,8H,2,6H2,1H3,(H,14,17)(H,15,16). The summed E-state index contributed by atoms with van der Waals surface area (Å²) in [5.74, 6) is -0.579. The molecule has 2 amide bonds. The van der Waals surface area contributed by atoms with Crippen molar-refractivity contribution in [1.82, 2.24) is 5.32 Å². The Morgan fingerprint density at radius 3 is 2.82 bits per heavy atom. The zero-order valence-corrected chi connectivity index (χ0v) is 9.49. The van der Waals surface area contributed by atoms with E-state index in [0.717, 1.165) is 0 Å². The molecule has 1 aromatic rings. The summed E-state index contributed by atoms with van der Waals surface area (Å²) in [5, 5.41) is 13.6. The first-order chi connectivity index (χ1) is 8.17. The highest BCUT2D eigenvalue weighted by Crippen LogP contribution is 2.10. The van der Waals surface area contributed by atoms with Crippen molar-refractivity contribution in [2.45, 2.75) is 13.3 Å². The van der Waals surface area contributed by atoms with E-state index in [-0.39, 0.29) is 18.2 Å². The highest BCUT2D eigenvalue weighted by atomic mass is 16.2. The Morgan fingerprint density at radius 1 is 1.41 bits per heavy atom. The molecule has 0 fully saturated rings. The van der Waals surface area contributed by atoms with E-state index in [1.807, 2.05) is 6.92 Å². The molecule has 0 unspecified atom stereocenters. The van der Waals surface area contributed by atoms with Crippen LogP contribution >= 0.6 is 0 Å². The molecule has 5 heteroatoms. The fourth-order valence-electron chi connectivity index (χ4n) is 1.28. The number of hydrogen-bond acceptors (Lipinski definition) is 3. The minimum atomic E-state index is -0.388. The predicted octanol–water partition coefficient (Wildman–Crippen LogP) is 1.29. The van der Waals surface area contributed by atoms with E-state index in [0.29, 0.717) is 17.8 Å². The van der Waals surface area contributed by atoms with Gasteiger partial charge in [0.1, 0.15) is 6.42 Å². The molecular formula is C12H13N3O2. The van der Waals surface area contributed by atoms with Crippen LogP contribution in [0.3, 0.4) is 0 Å². The third kappa shape index (κ3) is 3.95. The highest BCUT2D eigenvalue weighted by molar-refractivity contribution is 5.97. The summed E-state index contributed by atoms with van der Waals surface area (Å²) >= 11 is 0. The summed E-state index contributed by atoms with van der Waals surface area (Å²) in [6, 6.07) is 8.32. The maximum atomic E-state index is 11.5. The van der Waals surface area contributed by atoms with Crippen LogP contribution in [-0.4, -0.2) is 18.4 Å². The Bertz CT molecular complexity index is 463. The van der Waals surface area contributed by atoms with Gasteiger partial charge in [-0.05, 0) is 25.1 Å². The van der Waals surface area contributed by atoms with Gasteiger partial charge in [0.2, 0.25) is 5.91 Å². The second kappa shape index (κ2) is 6.28.